The van der Waals surface area contributed by atoms with E-state index in [0.717, 1.165) is 16.2 Å². The van der Waals surface area contributed by atoms with E-state index in [2.05, 4.69) is 37.9 Å². The number of hydrogen-bond donors (Lipinski definition) is 1. The van der Waals surface area contributed by atoms with Crippen molar-refractivity contribution < 1.29 is 9.59 Å². The van der Waals surface area contributed by atoms with Crippen LogP contribution in [0.25, 0.3) is 0 Å². The van der Waals surface area contributed by atoms with Crippen molar-refractivity contribution in [3.63, 3.8) is 0 Å². The number of benzene rings is 1. The summed E-state index contributed by atoms with van der Waals surface area (Å²) in [5, 5.41) is 0. The van der Waals surface area contributed by atoms with Crippen molar-refractivity contribution in [3.8, 4) is 0 Å². The van der Waals surface area contributed by atoms with Crippen LogP contribution >= 0.6 is 11.8 Å². The number of Topliss-reactive ketones (excluding diaryl/α,β-unsaturated/α-hetero) is 2. The lowest BCUT2D eigenvalue weighted by Gasteiger charge is -2.10. The highest BCUT2D eigenvalue weighted by atomic mass is 32.2. The molecule has 0 atom stereocenters. The molecular weight excluding hydrogens is 306 g/mol. The van der Waals surface area contributed by atoms with Crippen LogP contribution in [0, 0.1) is 34.6 Å². The van der Waals surface area contributed by atoms with E-state index in [1.165, 1.54) is 23.6 Å². The molecule has 4 heteroatoms. The lowest BCUT2D eigenvalue weighted by atomic mass is 10.1. The zero-order chi connectivity index (χ0) is 17.3. The minimum Gasteiger partial charge on any atom is -0.355 e. The van der Waals surface area contributed by atoms with Crippen LogP contribution < -0.4 is 0 Å². The molecular formula is C19H23NO2S. The molecule has 2 aromatic rings. The minimum absolute atomic E-state index is 0.00632. The van der Waals surface area contributed by atoms with Crippen molar-refractivity contribution in [1.29, 1.82) is 0 Å². The molecule has 1 aromatic heterocycles. The molecule has 1 N–H and O–H groups in total. The molecule has 0 aliphatic carbocycles. The Kier molecular flexibility index (Phi) is 5.15. The zero-order valence-electron chi connectivity index (χ0n) is 14.6. The number of aromatic nitrogens is 1. The largest absolute Gasteiger partial charge is 0.355 e. The first kappa shape index (κ1) is 17.5. The second kappa shape index (κ2) is 6.75. The summed E-state index contributed by atoms with van der Waals surface area (Å²) in [4.78, 5) is 28.5. The van der Waals surface area contributed by atoms with E-state index in [1.54, 1.807) is 11.8 Å². The van der Waals surface area contributed by atoms with Gasteiger partial charge in [-0.15, -0.1) is 11.8 Å². The van der Waals surface area contributed by atoms with E-state index in [0.29, 0.717) is 17.0 Å². The number of aromatic amines is 1. The van der Waals surface area contributed by atoms with Crippen LogP contribution in [0.15, 0.2) is 17.0 Å². The van der Waals surface area contributed by atoms with Gasteiger partial charge in [0.1, 0.15) is 0 Å². The van der Waals surface area contributed by atoms with Gasteiger partial charge in [0.15, 0.2) is 11.6 Å². The molecule has 0 fully saturated rings. The number of rotatable bonds is 5. The summed E-state index contributed by atoms with van der Waals surface area (Å²) in [5.74, 6) is 0.388. The van der Waals surface area contributed by atoms with Crippen LogP contribution in [0.1, 0.15) is 55.7 Å². The lowest BCUT2D eigenvalue weighted by molar-refractivity contribution is 0.101. The summed E-state index contributed by atoms with van der Waals surface area (Å²) < 4.78 is 0. The molecule has 0 aliphatic rings. The Balaban J connectivity index is 2.21. The monoisotopic (exact) mass is 329 g/mol. The van der Waals surface area contributed by atoms with Gasteiger partial charge in [0, 0.05) is 16.2 Å². The van der Waals surface area contributed by atoms with Crippen molar-refractivity contribution in [2.45, 2.75) is 46.4 Å². The molecule has 1 aromatic carbocycles. The van der Waals surface area contributed by atoms with E-state index in [-0.39, 0.29) is 11.6 Å². The standard InChI is InChI=1S/C19H23NO2S/c1-10-7-11(2)19(12(3)8-10)23-9-16(22)18-13(4)17(15(6)21)14(5)20-18/h7-8,20H,9H2,1-6H3. The van der Waals surface area contributed by atoms with Crippen LogP contribution in [0.4, 0.5) is 0 Å². The third-order valence-electron chi connectivity index (χ3n) is 4.02. The van der Waals surface area contributed by atoms with Gasteiger partial charge in [-0.2, -0.15) is 0 Å². The first-order valence-corrected chi connectivity index (χ1v) is 8.64. The molecule has 0 saturated heterocycles. The minimum atomic E-state index is -0.00632. The van der Waals surface area contributed by atoms with Gasteiger partial charge in [0.2, 0.25) is 0 Å². The number of aryl methyl sites for hydroxylation is 4. The maximum atomic E-state index is 12.6. The number of H-pyrrole nitrogens is 1. The molecule has 0 saturated carbocycles. The topological polar surface area (TPSA) is 49.9 Å². The van der Waals surface area contributed by atoms with Gasteiger partial charge >= 0.3 is 0 Å². The number of nitrogens with one attached hydrogen (secondary N) is 1. The molecule has 3 nitrogen and oxygen atoms in total. The Hall–Kier alpha value is -1.81. The molecule has 122 valence electrons. The van der Waals surface area contributed by atoms with Crippen molar-refractivity contribution in [2.75, 3.05) is 5.75 Å². The second-order valence-electron chi connectivity index (χ2n) is 6.12. The maximum absolute atomic E-state index is 12.6. The Morgan fingerprint density at radius 1 is 1.04 bits per heavy atom. The third-order valence-corrected chi connectivity index (χ3v) is 5.36. The molecule has 23 heavy (non-hydrogen) atoms. The van der Waals surface area contributed by atoms with E-state index in [1.807, 2.05) is 13.8 Å². The van der Waals surface area contributed by atoms with Crippen molar-refractivity contribution >= 4 is 23.3 Å². The highest BCUT2D eigenvalue weighted by Crippen LogP contribution is 2.29. The number of carbonyl (C=O) groups is 2. The number of carbonyl (C=O) groups excluding carboxylic acids is 2. The smallest absolute Gasteiger partial charge is 0.189 e. The first-order valence-electron chi connectivity index (χ1n) is 7.66. The lowest BCUT2D eigenvalue weighted by Crippen LogP contribution is -2.06. The summed E-state index contributed by atoms with van der Waals surface area (Å²) in [7, 11) is 0. The SMILES string of the molecule is CC(=O)c1c(C)[nH]c(C(=O)CSc2c(C)cc(C)cc2C)c1C. The Bertz CT molecular complexity index is 764. The molecule has 0 amide bonds. The fourth-order valence-corrected chi connectivity index (χ4v) is 4.15. The highest BCUT2D eigenvalue weighted by molar-refractivity contribution is 8.00. The maximum Gasteiger partial charge on any atom is 0.189 e. The van der Waals surface area contributed by atoms with Gasteiger partial charge in [-0.3, -0.25) is 9.59 Å². The molecule has 0 bridgehead atoms. The molecule has 0 unspecified atom stereocenters. The number of thioether (sulfide) groups is 1. The molecule has 0 radical (unpaired) electrons. The summed E-state index contributed by atoms with van der Waals surface area (Å²) in [6.07, 6.45) is 0. The van der Waals surface area contributed by atoms with E-state index in [9.17, 15) is 9.59 Å². The summed E-state index contributed by atoms with van der Waals surface area (Å²) in [6, 6.07) is 4.27. The molecule has 1 heterocycles. The zero-order valence-corrected chi connectivity index (χ0v) is 15.4. The van der Waals surface area contributed by atoms with Crippen LogP contribution in [0.3, 0.4) is 0 Å². The third kappa shape index (κ3) is 3.58. The fraction of sp³-hybridized carbons (Fsp3) is 0.368. The fourth-order valence-electron chi connectivity index (χ4n) is 3.16. The van der Waals surface area contributed by atoms with E-state index in [4.69, 9.17) is 0 Å². The van der Waals surface area contributed by atoms with Gasteiger partial charge in [-0.1, -0.05) is 17.7 Å². The average Bonchev–Trinajstić information content (AvgIpc) is 2.72. The van der Waals surface area contributed by atoms with Gasteiger partial charge in [-0.25, -0.2) is 0 Å². The van der Waals surface area contributed by atoms with Crippen molar-refractivity contribution in [2.24, 2.45) is 0 Å². The average molecular weight is 329 g/mol. The van der Waals surface area contributed by atoms with Crippen LogP contribution in [-0.2, 0) is 0 Å². The normalized spacial score (nSPS) is 10.9. The summed E-state index contributed by atoms with van der Waals surface area (Å²) >= 11 is 1.56. The molecule has 0 spiro atoms. The van der Waals surface area contributed by atoms with Crippen LogP contribution in [0.5, 0.6) is 0 Å². The second-order valence-corrected chi connectivity index (χ2v) is 7.11. The Morgan fingerprint density at radius 2 is 1.61 bits per heavy atom. The van der Waals surface area contributed by atoms with Gasteiger partial charge in [0.05, 0.1) is 11.4 Å². The van der Waals surface area contributed by atoms with Crippen LogP contribution in [0.2, 0.25) is 0 Å². The Morgan fingerprint density at radius 3 is 2.09 bits per heavy atom. The van der Waals surface area contributed by atoms with Crippen molar-refractivity contribution in [3.05, 3.63) is 51.3 Å². The first-order chi connectivity index (χ1) is 10.7. The quantitative estimate of drug-likeness (QED) is 0.637. The molecule has 2 rings (SSSR count). The van der Waals surface area contributed by atoms with E-state index < -0.39 is 0 Å². The van der Waals surface area contributed by atoms with Gasteiger partial charge in [-0.05, 0) is 58.2 Å². The predicted octanol–water partition coefficient (Wildman–Crippen LogP) is 4.73. The van der Waals surface area contributed by atoms with Crippen LogP contribution in [-0.4, -0.2) is 22.3 Å². The predicted molar refractivity (Wildman–Crippen MR) is 96.0 cm³/mol. The number of ketones is 2. The van der Waals surface area contributed by atoms with E-state index >= 15 is 0 Å². The Labute approximate surface area is 141 Å². The number of hydrogen-bond acceptors (Lipinski definition) is 3. The summed E-state index contributed by atoms with van der Waals surface area (Å²) in [5.41, 5.74) is 6.36. The van der Waals surface area contributed by atoms with Crippen molar-refractivity contribution in [1.82, 2.24) is 4.98 Å². The van der Waals surface area contributed by atoms with Gasteiger partial charge in [0.25, 0.3) is 0 Å². The summed E-state index contributed by atoms with van der Waals surface area (Å²) in [6.45, 7) is 11.4. The molecule has 0 aliphatic heterocycles. The van der Waals surface area contributed by atoms with Gasteiger partial charge < -0.3 is 4.98 Å². The highest BCUT2D eigenvalue weighted by Gasteiger charge is 2.20.